The van der Waals surface area contributed by atoms with Crippen molar-refractivity contribution < 1.29 is 66.9 Å². The summed E-state index contributed by atoms with van der Waals surface area (Å²) in [5.41, 5.74) is -6.65. The number of ether oxygens (including phenoxy) is 4. The first-order valence-electron chi connectivity index (χ1n) is 26.3. The molecule has 7 aliphatic heterocycles. The zero-order valence-corrected chi connectivity index (χ0v) is 45.3. The fourth-order valence-corrected chi connectivity index (χ4v) is 13.2. The fourth-order valence-electron chi connectivity index (χ4n) is 13.2. The Hall–Kier alpha value is -9.22. The van der Waals surface area contributed by atoms with E-state index in [1.807, 2.05) is 0 Å². The number of nitrogens with zero attached hydrogens (tertiary/aromatic N) is 8. The van der Waals surface area contributed by atoms with Crippen molar-refractivity contribution in [3.05, 3.63) is 128 Å². The van der Waals surface area contributed by atoms with E-state index in [1.54, 1.807) is 100 Å². The first-order chi connectivity index (χ1) is 38.3. The summed E-state index contributed by atoms with van der Waals surface area (Å²) in [7, 11) is 0. The Labute approximate surface area is 458 Å². The van der Waals surface area contributed by atoms with Gasteiger partial charge in [0.1, 0.15) is 13.3 Å². The number of anilines is 2. The molecule has 24 nitrogen and oxygen atoms in total. The molecule has 0 unspecified atom stereocenters. The lowest BCUT2D eigenvalue weighted by Crippen LogP contribution is -2.81. The predicted molar refractivity (Wildman–Crippen MR) is 279 cm³/mol. The Morgan fingerprint density at radius 2 is 0.675 bits per heavy atom. The minimum absolute atomic E-state index is 0.325. The molecule has 11 rings (SSSR count). The number of hydrogen-bond acceptors (Lipinski definition) is 14. The summed E-state index contributed by atoms with van der Waals surface area (Å²) < 4.78 is 23.4. The van der Waals surface area contributed by atoms with Crippen LogP contribution >= 0.6 is 0 Å². The maximum absolute atomic E-state index is 16.3. The molecule has 5 saturated heterocycles. The van der Waals surface area contributed by atoms with Crippen LogP contribution in [-0.2, 0) is 64.3 Å². The quantitative estimate of drug-likeness (QED) is 0.139. The molecule has 0 aromatic heterocycles. The summed E-state index contributed by atoms with van der Waals surface area (Å²) >= 11 is 0. The van der Waals surface area contributed by atoms with Gasteiger partial charge in [-0.25, -0.2) is 38.4 Å². The maximum Gasteiger partial charge on any atom is 0.359 e. The van der Waals surface area contributed by atoms with Gasteiger partial charge in [-0.1, -0.05) is 36.4 Å². The molecule has 80 heavy (non-hydrogen) atoms. The van der Waals surface area contributed by atoms with Crippen LogP contribution in [0.4, 0.5) is 30.6 Å². The van der Waals surface area contributed by atoms with Crippen LogP contribution in [0.2, 0.25) is 0 Å². The van der Waals surface area contributed by atoms with Crippen molar-refractivity contribution in [2.45, 2.75) is 104 Å². The number of aryl methyl sites for hydroxylation is 2. The molecule has 5 fully saturated rings. The van der Waals surface area contributed by atoms with Crippen molar-refractivity contribution in [2.75, 3.05) is 50.4 Å². The van der Waals surface area contributed by atoms with Crippen LogP contribution in [0.3, 0.4) is 0 Å². The Morgan fingerprint density at radius 1 is 0.412 bits per heavy atom. The van der Waals surface area contributed by atoms with E-state index in [-0.39, 0.29) is 26.4 Å². The summed E-state index contributed by atoms with van der Waals surface area (Å²) in [4.78, 5) is 162. The van der Waals surface area contributed by atoms with Gasteiger partial charge >= 0.3 is 48.0 Å². The number of hydrogen-bond donors (Lipinski definition) is 2. The van der Waals surface area contributed by atoms with Crippen LogP contribution in [0, 0.1) is 27.7 Å². The van der Waals surface area contributed by atoms with Crippen molar-refractivity contribution in [1.82, 2.24) is 39.2 Å². The summed E-state index contributed by atoms with van der Waals surface area (Å²) in [5, 5.41) is 5.90. The minimum atomic E-state index is -2.98. The zero-order chi connectivity index (χ0) is 57.1. The smallest absolute Gasteiger partial charge is 0.359 e. The number of fused-ring (bicyclic) bond motifs is 2. The standard InChI is InChI=1S/C56H58N10O14/c1-9-77-45(69)53-55(47(71)79-11-3)63-29-64-50(74)60-26-38-32(6)24-42(58-44(68)36-21-17-14-18-22-36)34(8)40(38)28-62-52(76)66(56(64,48(72)80-12-4)54(60,62)46(70)78-10-2)30-65(55)51(75)61(53)27-39-33(7)41(57-43(67)35-19-15-13-16-20-35)23-31(5)37(39)25-59(53)49(63)73/h13-24H,9-12,25-30H2,1-8H3,(H,57,67)(H,58,68)/t53-,54+,55+,56-. The largest absolute Gasteiger partial charge is 0.463 e. The SMILES string of the molecule is CCOC(=O)[C@@]12N3CN4C(=O)N5Cc6c(C)cc(NC(=O)c7ccccc7)c(C)c6CN6C(=O)N(CN1C(=O)N1Cc7c(C)c(NC(=O)c8ccccc8)cc(C)c7CN(C3=O)[C@@]12C(=O)OCC)[C@@]4(C(=O)OCC)[C@]56C(=O)OCC. The average Bonchev–Trinajstić information content (AvgIpc) is 3.92. The van der Waals surface area contributed by atoms with Crippen molar-refractivity contribution in [3.63, 3.8) is 0 Å². The molecule has 0 saturated carbocycles. The third kappa shape index (κ3) is 6.48. The number of nitrogens with one attached hydrogen (secondary N) is 2. The van der Waals surface area contributed by atoms with Gasteiger partial charge in [0, 0.05) is 22.5 Å². The number of rotatable bonds is 12. The third-order valence-corrected chi connectivity index (χ3v) is 16.7. The second-order valence-corrected chi connectivity index (χ2v) is 20.3. The number of esters is 4. The van der Waals surface area contributed by atoms with Gasteiger partial charge in [0.2, 0.25) is 0 Å². The van der Waals surface area contributed by atoms with Crippen molar-refractivity contribution in [2.24, 2.45) is 0 Å². The molecule has 0 aliphatic carbocycles. The minimum Gasteiger partial charge on any atom is -0.463 e. The van der Waals surface area contributed by atoms with Gasteiger partial charge in [-0.15, -0.1) is 0 Å². The topological polar surface area (TPSA) is 258 Å². The van der Waals surface area contributed by atoms with Crippen molar-refractivity contribution in [1.29, 1.82) is 0 Å². The fraction of sp³-hybridized carbons (Fsp3) is 0.393. The molecule has 4 aromatic rings. The Bertz CT molecular complexity index is 3210. The number of carbonyl (C=O) groups excluding carboxylic acids is 10. The van der Waals surface area contributed by atoms with Gasteiger partial charge in [0.15, 0.2) is 0 Å². The Kier molecular flexibility index (Phi) is 12.4. The van der Waals surface area contributed by atoms with E-state index in [1.165, 1.54) is 27.7 Å². The monoisotopic (exact) mass is 1090 g/mol. The molecule has 0 bridgehead atoms. The second kappa shape index (κ2) is 18.7. The van der Waals surface area contributed by atoms with E-state index in [0.29, 0.717) is 67.0 Å². The number of urea groups is 4. The number of amides is 10. The van der Waals surface area contributed by atoms with Gasteiger partial charge in [-0.2, -0.15) is 0 Å². The summed E-state index contributed by atoms with van der Waals surface area (Å²) in [6.45, 7) is 7.02. The lowest BCUT2D eigenvalue weighted by Gasteiger charge is -2.51. The van der Waals surface area contributed by atoms with E-state index in [0.717, 1.165) is 39.2 Å². The molecule has 4 atom stereocenters. The third-order valence-electron chi connectivity index (χ3n) is 16.7. The van der Waals surface area contributed by atoms with Gasteiger partial charge in [-0.3, -0.25) is 48.8 Å². The normalized spacial score (nSPS) is 23.8. The molecule has 416 valence electrons. The van der Waals surface area contributed by atoms with Crippen LogP contribution in [0.1, 0.15) is 92.9 Å². The van der Waals surface area contributed by atoms with Crippen molar-refractivity contribution >= 4 is 71.2 Å². The van der Waals surface area contributed by atoms with Crippen LogP contribution in [0.15, 0.2) is 72.8 Å². The molecule has 24 heteroatoms. The lowest BCUT2D eigenvalue weighted by atomic mass is 9.88. The van der Waals surface area contributed by atoms with E-state index in [4.69, 9.17) is 18.9 Å². The molecule has 7 heterocycles. The maximum atomic E-state index is 16.3. The highest BCUT2D eigenvalue weighted by Crippen LogP contribution is 2.62. The molecule has 4 aromatic carbocycles. The molecule has 0 spiro atoms. The molecule has 2 N–H and O–H groups in total. The van der Waals surface area contributed by atoms with Gasteiger partial charge < -0.3 is 29.6 Å². The molecule has 0 radical (unpaired) electrons. The van der Waals surface area contributed by atoms with E-state index in [2.05, 4.69) is 10.6 Å². The zero-order valence-electron chi connectivity index (χ0n) is 45.3. The van der Waals surface area contributed by atoms with Gasteiger partial charge in [0.05, 0.1) is 52.6 Å². The molecule has 7 aliphatic rings. The van der Waals surface area contributed by atoms with Crippen molar-refractivity contribution in [3.8, 4) is 0 Å². The molecular formula is C56H58N10O14. The van der Waals surface area contributed by atoms with Gasteiger partial charge in [0.25, 0.3) is 34.5 Å². The molecular weight excluding hydrogens is 1040 g/mol. The lowest BCUT2D eigenvalue weighted by molar-refractivity contribution is -0.209. The van der Waals surface area contributed by atoms with Crippen LogP contribution in [0.5, 0.6) is 0 Å². The summed E-state index contributed by atoms with van der Waals surface area (Å²) in [6.07, 6.45) is 0. The van der Waals surface area contributed by atoms with E-state index in [9.17, 15) is 9.59 Å². The van der Waals surface area contributed by atoms with E-state index < -0.39 is 122 Å². The first-order valence-corrected chi connectivity index (χ1v) is 26.3. The highest BCUT2D eigenvalue weighted by atomic mass is 16.6. The number of benzene rings is 4. The second-order valence-electron chi connectivity index (χ2n) is 20.3. The average molecular weight is 1100 g/mol. The summed E-state index contributed by atoms with van der Waals surface area (Å²) in [5.74, 6) is -6.08. The Balaban J connectivity index is 1.15. The van der Waals surface area contributed by atoms with E-state index >= 15 is 38.4 Å². The first kappa shape index (κ1) is 52.8. The molecule has 10 amide bonds. The summed E-state index contributed by atoms with van der Waals surface area (Å²) in [6, 6.07) is 15.8. The van der Waals surface area contributed by atoms with Crippen LogP contribution in [0.25, 0.3) is 0 Å². The van der Waals surface area contributed by atoms with Crippen LogP contribution in [-0.4, -0.2) is 161 Å². The highest BCUT2D eigenvalue weighted by molar-refractivity contribution is 6.13. The highest BCUT2D eigenvalue weighted by Gasteiger charge is 2.93. The van der Waals surface area contributed by atoms with Crippen LogP contribution < -0.4 is 10.6 Å². The number of carbonyl (C=O) groups is 10. The van der Waals surface area contributed by atoms with Gasteiger partial charge in [-0.05, 0) is 136 Å². The Morgan fingerprint density at radius 3 is 0.950 bits per heavy atom. The predicted octanol–water partition coefficient (Wildman–Crippen LogP) is 5.07.